The minimum atomic E-state index is 0. The van der Waals surface area contributed by atoms with E-state index in [-0.39, 0.29) is 30.3 Å². The molecule has 0 saturated heterocycles. The molecule has 0 amide bonds. The Kier molecular flexibility index (Phi) is 12.8. The van der Waals surface area contributed by atoms with Gasteiger partial charge in [-0.25, -0.2) is 4.99 Å². The molecule has 0 fully saturated rings. The van der Waals surface area contributed by atoms with Crippen molar-refractivity contribution < 1.29 is 5.48 Å². The summed E-state index contributed by atoms with van der Waals surface area (Å²) in [4.78, 5) is 5.46. The highest BCUT2D eigenvalue weighted by molar-refractivity contribution is 7.12. The molecule has 0 saturated carbocycles. The van der Waals surface area contributed by atoms with Crippen LogP contribution in [0.25, 0.3) is 0 Å². The van der Waals surface area contributed by atoms with Crippen molar-refractivity contribution in [3.63, 3.8) is 0 Å². The second-order valence-electron chi connectivity index (χ2n) is 5.70. The lowest BCUT2D eigenvalue weighted by Crippen LogP contribution is -2.16. The van der Waals surface area contributed by atoms with E-state index < -0.39 is 0 Å². The molecule has 3 rings (SSSR count). The molecule has 0 aliphatic rings. The summed E-state index contributed by atoms with van der Waals surface area (Å²) < 4.78 is 0. The second kappa shape index (κ2) is 13.6. The first-order chi connectivity index (χ1) is 12.2. The molecule has 152 valence electrons. The molecule has 5 N–H and O–H groups in total. The first-order valence-electron chi connectivity index (χ1n) is 8.13. The zero-order valence-corrected chi connectivity index (χ0v) is 18.3. The van der Waals surface area contributed by atoms with E-state index in [1.165, 1.54) is 11.1 Å². The van der Waals surface area contributed by atoms with Crippen LogP contribution in [0.1, 0.15) is 16.0 Å². The molecular weight excluding hydrogens is 437 g/mol. The number of rotatable bonds is 7. The van der Waals surface area contributed by atoms with Crippen molar-refractivity contribution in [1.82, 2.24) is 5.32 Å². The van der Waals surface area contributed by atoms with E-state index in [1.807, 2.05) is 47.8 Å². The fourth-order valence-corrected chi connectivity index (χ4v) is 3.31. The van der Waals surface area contributed by atoms with E-state index >= 15 is 0 Å². The average molecular weight is 461 g/mol. The van der Waals surface area contributed by atoms with Crippen molar-refractivity contribution in [2.45, 2.75) is 13.0 Å². The third kappa shape index (κ3) is 8.19. The van der Waals surface area contributed by atoms with E-state index in [1.54, 1.807) is 11.3 Å². The van der Waals surface area contributed by atoms with Crippen LogP contribution in [0.2, 0.25) is 5.02 Å². The quantitative estimate of drug-likeness (QED) is 0.302. The molecule has 0 bridgehead atoms. The number of hydrogen-bond donors (Lipinski definition) is 2. The second-order valence-corrected chi connectivity index (χ2v) is 7.08. The lowest BCUT2D eigenvalue weighted by atomic mass is 10.1. The maximum absolute atomic E-state index is 6.01. The SMILES string of the molecule is Cl.Cl.NC(=Nc1ccc(CCNCc2cccc(Cl)c2)cc1)c1cccs1.O. The Morgan fingerprint density at radius 2 is 1.75 bits per heavy atom. The molecule has 0 aliphatic heterocycles. The van der Waals surface area contributed by atoms with E-state index in [0.29, 0.717) is 5.84 Å². The Hall–Kier alpha value is -1.60. The number of nitrogens with two attached hydrogens (primary N) is 1. The van der Waals surface area contributed by atoms with E-state index in [9.17, 15) is 0 Å². The van der Waals surface area contributed by atoms with Gasteiger partial charge in [0, 0.05) is 11.6 Å². The topological polar surface area (TPSA) is 81.9 Å². The summed E-state index contributed by atoms with van der Waals surface area (Å²) in [7, 11) is 0. The molecule has 1 aromatic heterocycles. The van der Waals surface area contributed by atoms with Crippen LogP contribution in [0.4, 0.5) is 5.69 Å². The normalized spacial score (nSPS) is 10.4. The summed E-state index contributed by atoms with van der Waals surface area (Å²) in [5.41, 5.74) is 9.36. The fraction of sp³-hybridized carbons (Fsp3) is 0.150. The molecule has 0 unspecified atom stereocenters. The summed E-state index contributed by atoms with van der Waals surface area (Å²) in [6, 6.07) is 20.1. The zero-order chi connectivity index (χ0) is 17.5. The number of halogens is 3. The van der Waals surface area contributed by atoms with Gasteiger partial charge in [0.25, 0.3) is 0 Å². The highest BCUT2D eigenvalue weighted by Crippen LogP contribution is 2.16. The van der Waals surface area contributed by atoms with E-state index in [0.717, 1.165) is 35.1 Å². The van der Waals surface area contributed by atoms with Crippen molar-refractivity contribution in [1.29, 1.82) is 0 Å². The number of hydrogen-bond acceptors (Lipinski definition) is 3. The fourth-order valence-electron chi connectivity index (χ4n) is 2.47. The standard InChI is InChI=1S/C20H20ClN3S.2ClH.H2O/c21-17-4-1-3-16(13-17)14-23-11-10-15-6-8-18(9-7-15)24-20(22)19-5-2-12-25-19;;;/h1-9,12-13,23H,10-11,14H2,(H2,22,24);2*1H;1H2. The molecule has 0 aliphatic carbocycles. The number of nitrogens with zero attached hydrogens (tertiary/aromatic N) is 1. The summed E-state index contributed by atoms with van der Waals surface area (Å²) in [6.45, 7) is 1.73. The van der Waals surface area contributed by atoms with Crippen molar-refractivity contribution in [2.75, 3.05) is 6.54 Å². The van der Waals surface area contributed by atoms with Gasteiger partial charge in [0.2, 0.25) is 0 Å². The molecule has 0 atom stereocenters. The van der Waals surface area contributed by atoms with Crippen LogP contribution < -0.4 is 11.1 Å². The van der Waals surface area contributed by atoms with Gasteiger partial charge in [-0.1, -0.05) is 41.9 Å². The average Bonchev–Trinajstić information content (AvgIpc) is 3.15. The monoisotopic (exact) mass is 459 g/mol. The smallest absolute Gasteiger partial charge is 0.141 e. The molecule has 8 heteroatoms. The Labute approximate surface area is 187 Å². The van der Waals surface area contributed by atoms with Crippen molar-refractivity contribution >= 4 is 59.3 Å². The molecular formula is C20H24Cl3N3OS. The van der Waals surface area contributed by atoms with Gasteiger partial charge in [-0.3, -0.25) is 0 Å². The van der Waals surface area contributed by atoms with Gasteiger partial charge in [-0.05, 0) is 59.8 Å². The largest absolute Gasteiger partial charge is 0.412 e. The van der Waals surface area contributed by atoms with Gasteiger partial charge in [-0.15, -0.1) is 36.2 Å². The van der Waals surface area contributed by atoms with E-state index in [2.05, 4.69) is 28.5 Å². The maximum atomic E-state index is 6.01. The van der Waals surface area contributed by atoms with E-state index in [4.69, 9.17) is 17.3 Å². The van der Waals surface area contributed by atoms with Gasteiger partial charge in [-0.2, -0.15) is 0 Å². The van der Waals surface area contributed by atoms with Crippen LogP contribution in [0.15, 0.2) is 71.0 Å². The molecule has 0 spiro atoms. The van der Waals surface area contributed by atoms with Crippen molar-refractivity contribution in [3.05, 3.63) is 87.1 Å². The number of thiophene rings is 1. The minimum absolute atomic E-state index is 0. The van der Waals surface area contributed by atoms with Gasteiger partial charge >= 0.3 is 0 Å². The summed E-state index contributed by atoms with van der Waals surface area (Å²) >= 11 is 7.58. The van der Waals surface area contributed by atoms with Crippen molar-refractivity contribution in [2.24, 2.45) is 10.7 Å². The maximum Gasteiger partial charge on any atom is 0.141 e. The summed E-state index contributed by atoms with van der Waals surface area (Å²) in [6.07, 6.45) is 0.963. The first kappa shape index (κ1) is 26.4. The highest BCUT2D eigenvalue weighted by Gasteiger charge is 2.00. The predicted octanol–water partition coefficient (Wildman–Crippen LogP) is 4.79. The summed E-state index contributed by atoms with van der Waals surface area (Å²) in [5.74, 6) is 0.561. The molecule has 3 aromatic rings. The lowest BCUT2D eigenvalue weighted by Gasteiger charge is -2.06. The highest BCUT2D eigenvalue weighted by atomic mass is 35.5. The third-order valence-electron chi connectivity index (χ3n) is 3.77. The van der Waals surface area contributed by atoms with Crippen molar-refractivity contribution in [3.8, 4) is 0 Å². The van der Waals surface area contributed by atoms with Crippen LogP contribution in [-0.4, -0.2) is 17.9 Å². The minimum Gasteiger partial charge on any atom is -0.412 e. The van der Waals surface area contributed by atoms with Gasteiger partial charge in [0.15, 0.2) is 0 Å². The molecule has 1 heterocycles. The zero-order valence-electron chi connectivity index (χ0n) is 15.1. The van der Waals surface area contributed by atoms with Gasteiger partial charge in [0.05, 0.1) is 10.6 Å². The summed E-state index contributed by atoms with van der Waals surface area (Å²) in [5, 5.41) is 6.21. The molecule has 2 aromatic carbocycles. The van der Waals surface area contributed by atoms with Crippen LogP contribution in [0.3, 0.4) is 0 Å². The first-order valence-corrected chi connectivity index (χ1v) is 9.38. The predicted molar refractivity (Wildman–Crippen MR) is 126 cm³/mol. The van der Waals surface area contributed by atoms with Gasteiger partial charge in [0.1, 0.15) is 5.84 Å². The van der Waals surface area contributed by atoms with Crippen LogP contribution in [0, 0.1) is 0 Å². The van der Waals surface area contributed by atoms with Crippen LogP contribution in [0.5, 0.6) is 0 Å². The Bertz CT molecular complexity index is 840. The molecule has 28 heavy (non-hydrogen) atoms. The van der Waals surface area contributed by atoms with Gasteiger partial charge < -0.3 is 16.5 Å². The Balaban J connectivity index is 0.00000243. The lowest BCUT2D eigenvalue weighted by molar-refractivity contribution is 0.687. The Morgan fingerprint density at radius 3 is 2.39 bits per heavy atom. The molecule has 0 radical (unpaired) electrons. The molecule has 4 nitrogen and oxygen atoms in total. The number of benzene rings is 2. The number of aliphatic imine (C=N–C) groups is 1. The van der Waals surface area contributed by atoms with Crippen LogP contribution in [-0.2, 0) is 13.0 Å². The van der Waals surface area contributed by atoms with Crippen LogP contribution >= 0.6 is 47.8 Å². The third-order valence-corrected chi connectivity index (χ3v) is 4.90. The number of amidine groups is 1. The Morgan fingerprint density at radius 1 is 1.00 bits per heavy atom. The number of nitrogens with one attached hydrogen (secondary N) is 1.